The molecule has 0 aliphatic rings. The molecule has 3 aromatic rings. The topological polar surface area (TPSA) is 90.7 Å². The zero-order chi connectivity index (χ0) is 20.8. The van der Waals surface area contributed by atoms with E-state index in [1.54, 1.807) is 31.4 Å². The van der Waals surface area contributed by atoms with Crippen LogP contribution in [0.15, 0.2) is 66.7 Å². The Kier molecular flexibility index (Phi) is 6.09. The van der Waals surface area contributed by atoms with Crippen molar-refractivity contribution in [3.8, 4) is 22.6 Å². The van der Waals surface area contributed by atoms with Gasteiger partial charge in [0.25, 0.3) is 11.6 Å². The van der Waals surface area contributed by atoms with Crippen LogP contribution in [0, 0.1) is 17.0 Å². The maximum absolute atomic E-state index is 12.3. The summed E-state index contributed by atoms with van der Waals surface area (Å²) in [4.78, 5) is 23.0. The van der Waals surface area contributed by atoms with Gasteiger partial charge < -0.3 is 14.8 Å². The second-order valence-corrected chi connectivity index (χ2v) is 6.32. The van der Waals surface area contributed by atoms with Crippen molar-refractivity contribution in [1.29, 1.82) is 0 Å². The first-order valence-corrected chi connectivity index (χ1v) is 8.89. The minimum Gasteiger partial charge on any atom is -0.497 e. The molecule has 29 heavy (non-hydrogen) atoms. The van der Waals surface area contributed by atoms with E-state index in [0.717, 1.165) is 5.56 Å². The summed E-state index contributed by atoms with van der Waals surface area (Å²) >= 11 is 0. The minimum atomic E-state index is -0.471. The van der Waals surface area contributed by atoms with Gasteiger partial charge in [0.1, 0.15) is 11.5 Å². The van der Waals surface area contributed by atoms with Gasteiger partial charge in [-0.1, -0.05) is 30.3 Å². The van der Waals surface area contributed by atoms with Gasteiger partial charge in [0.15, 0.2) is 6.61 Å². The molecule has 0 aliphatic carbocycles. The molecule has 0 aromatic heterocycles. The number of methoxy groups -OCH3 is 1. The predicted molar refractivity (Wildman–Crippen MR) is 110 cm³/mol. The molecule has 7 nitrogen and oxygen atoms in total. The van der Waals surface area contributed by atoms with Crippen LogP contribution >= 0.6 is 0 Å². The number of aryl methyl sites for hydroxylation is 1. The molecule has 0 spiro atoms. The molecule has 7 heteroatoms. The fourth-order valence-electron chi connectivity index (χ4n) is 2.80. The quantitative estimate of drug-likeness (QED) is 0.469. The first-order chi connectivity index (χ1) is 14.0. The van der Waals surface area contributed by atoms with Crippen molar-refractivity contribution >= 4 is 17.3 Å². The molecule has 0 saturated heterocycles. The normalized spacial score (nSPS) is 10.3. The highest BCUT2D eigenvalue weighted by Crippen LogP contribution is 2.34. The lowest BCUT2D eigenvalue weighted by Crippen LogP contribution is -2.20. The summed E-state index contributed by atoms with van der Waals surface area (Å²) in [5, 5.41) is 14.0. The molecule has 0 unspecified atom stereocenters. The molecule has 1 N–H and O–H groups in total. The van der Waals surface area contributed by atoms with Crippen molar-refractivity contribution in [2.75, 3.05) is 19.0 Å². The number of para-hydroxylation sites is 1. The lowest BCUT2D eigenvalue weighted by molar-refractivity contribution is -0.384. The Morgan fingerprint density at radius 1 is 1.07 bits per heavy atom. The molecule has 0 bridgehead atoms. The van der Waals surface area contributed by atoms with Crippen LogP contribution in [0.1, 0.15) is 5.56 Å². The smallest absolute Gasteiger partial charge is 0.270 e. The molecule has 0 heterocycles. The first kappa shape index (κ1) is 19.9. The van der Waals surface area contributed by atoms with E-state index in [4.69, 9.17) is 9.47 Å². The number of hydrogen-bond acceptors (Lipinski definition) is 5. The third-order valence-electron chi connectivity index (χ3n) is 4.35. The summed E-state index contributed by atoms with van der Waals surface area (Å²) in [6.45, 7) is 1.67. The van der Waals surface area contributed by atoms with Gasteiger partial charge in [-0.05, 0) is 42.3 Å². The molecule has 0 saturated carbocycles. The van der Waals surface area contributed by atoms with Gasteiger partial charge in [-0.3, -0.25) is 14.9 Å². The number of benzene rings is 3. The largest absolute Gasteiger partial charge is 0.497 e. The van der Waals surface area contributed by atoms with E-state index in [-0.39, 0.29) is 18.2 Å². The molecule has 0 atom stereocenters. The highest BCUT2D eigenvalue weighted by Gasteiger charge is 2.15. The molecule has 1 amide bonds. The van der Waals surface area contributed by atoms with Gasteiger partial charge in [0.05, 0.1) is 12.0 Å². The Morgan fingerprint density at radius 3 is 2.45 bits per heavy atom. The maximum atomic E-state index is 12.3. The van der Waals surface area contributed by atoms with E-state index in [0.29, 0.717) is 28.3 Å². The van der Waals surface area contributed by atoms with Crippen molar-refractivity contribution in [2.24, 2.45) is 0 Å². The molecule has 0 fully saturated rings. The van der Waals surface area contributed by atoms with Gasteiger partial charge >= 0.3 is 0 Å². The van der Waals surface area contributed by atoms with Gasteiger partial charge in [-0.25, -0.2) is 0 Å². The predicted octanol–water partition coefficient (Wildman–Crippen LogP) is 4.60. The number of rotatable bonds is 7. The monoisotopic (exact) mass is 392 g/mol. The van der Waals surface area contributed by atoms with E-state index >= 15 is 0 Å². The highest BCUT2D eigenvalue weighted by atomic mass is 16.6. The fourth-order valence-corrected chi connectivity index (χ4v) is 2.80. The van der Waals surface area contributed by atoms with Crippen molar-refractivity contribution in [3.63, 3.8) is 0 Å². The van der Waals surface area contributed by atoms with Crippen LogP contribution < -0.4 is 14.8 Å². The fraction of sp³-hybridized carbons (Fsp3) is 0.136. The van der Waals surface area contributed by atoms with Gasteiger partial charge in [0, 0.05) is 23.4 Å². The Bertz CT molecular complexity index is 1030. The Hall–Kier alpha value is -3.87. The number of amides is 1. The number of nitrogens with zero attached hydrogens (tertiary/aromatic N) is 1. The van der Waals surface area contributed by atoms with Crippen LogP contribution in [0.2, 0.25) is 0 Å². The molecular weight excluding hydrogens is 372 g/mol. The summed E-state index contributed by atoms with van der Waals surface area (Å²) in [5.74, 6) is 0.721. The van der Waals surface area contributed by atoms with Crippen LogP contribution in [0.25, 0.3) is 11.1 Å². The average Bonchev–Trinajstić information content (AvgIpc) is 2.74. The van der Waals surface area contributed by atoms with Crippen molar-refractivity contribution in [2.45, 2.75) is 6.92 Å². The lowest BCUT2D eigenvalue weighted by Gasteiger charge is -2.13. The number of carbonyl (C=O) groups excluding carboxylic acids is 1. The number of carbonyl (C=O) groups is 1. The molecule has 0 aliphatic heterocycles. The van der Waals surface area contributed by atoms with Crippen molar-refractivity contribution in [1.82, 2.24) is 0 Å². The van der Waals surface area contributed by atoms with Crippen LogP contribution in [-0.4, -0.2) is 24.5 Å². The van der Waals surface area contributed by atoms with E-state index in [9.17, 15) is 14.9 Å². The summed E-state index contributed by atoms with van der Waals surface area (Å²) in [6, 6.07) is 18.8. The third-order valence-corrected chi connectivity index (χ3v) is 4.35. The van der Waals surface area contributed by atoms with E-state index in [2.05, 4.69) is 5.32 Å². The van der Waals surface area contributed by atoms with E-state index < -0.39 is 4.92 Å². The maximum Gasteiger partial charge on any atom is 0.270 e. The minimum absolute atomic E-state index is 0.0625. The Balaban J connectivity index is 1.81. The summed E-state index contributed by atoms with van der Waals surface area (Å²) in [7, 11) is 1.56. The van der Waals surface area contributed by atoms with Crippen LogP contribution in [0.3, 0.4) is 0 Å². The van der Waals surface area contributed by atoms with Gasteiger partial charge in [-0.15, -0.1) is 0 Å². The molecule has 3 aromatic carbocycles. The Labute approximate surface area is 168 Å². The van der Waals surface area contributed by atoms with Gasteiger partial charge in [-0.2, -0.15) is 0 Å². The molecule has 3 rings (SSSR count). The van der Waals surface area contributed by atoms with Crippen molar-refractivity contribution in [3.05, 3.63) is 82.4 Å². The second kappa shape index (κ2) is 8.88. The average molecular weight is 392 g/mol. The number of nitrogens with one attached hydrogen (secondary N) is 1. The number of hydrogen-bond donors (Lipinski definition) is 1. The number of nitro groups is 1. The van der Waals surface area contributed by atoms with Crippen LogP contribution in [-0.2, 0) is 4.79 Å². The second-order valence-electron chi connectivity index (χ2n) is 6.32. The summed E-state index contributed by atoms with van der Waals surface area (Å²) < 4.78 is 10.8. The highest BCUT2D eigenvalue weighted by molar-refractivity contribution is 5.92. The van der Waals surface area contributed by atoms with E-state index in [1.807, 2.05) is 31.2 Å². The summed E-state index contributed by atoms with van der Waals surface area (Å²) in [5.41, 5.74) is 2.82. The Morgan fingerprint density at radius 2 is 1.79 bits per heavy atom. The lowest BCUT2D eigenvalue weighted by atomic mass is 10.0. The molecule has 148 valence electrons. The van der Waals surface area contributed by atoms with Gasteiger partial charge in [0.2, 0.25) is 0 Å². The summed E-state index contributed by atoms with van der Waals surface area (Å²) in [6.07, 6.45) is 0. The van der Waals surface area contributed by atoms with Crippen molar-refractivity contribution < 1.29 is 19.2 Å². The number of anilines is 1. The first-order valence-electron chi connectivity index (χ1n) is 8.89. The zero-order valence-corrected chi connectivity index (χ0v) is 16.0. The van der Waals surface area contributed by atoms with E-state index in [1.165, 1.54) is 18.2 Å². The standard InChI is InChI=1S/C22H20N2O5/c1-15-5-3-4-6-20(15)23-22(25)14-29-21-12-9-17(24(26)27)13-19(21)16-7-10-18(28-2)11-8-16/h3-13H,14H2,1-2H3,(H,23,25). The number of non-ortho nitro benzene ring substituents is 1. The number of nitro benzene ring substituents is 1. The van der Waals surface area contributed by atoms with Crippen LogP contribution in [0.4, 0.5) is 11.4 Å². The number of ether oxygens (including phenoxy) is 2. The SMILES string of the molecule is COc1ccc(-c2cc([N+](=O)[O-])ccc2OCC(=O)Nc2ccccc2C)cc1. The zero-order valence-electron chi connectivity index (χ0n) is 16.0. The molecular formula is C22H20N2O5. The third kappa shape index (κ3) is 4.90. The van der Waals surface area contributed by atoms with Crippen LogP contribution in [0.5, 0.6) is 11.5 Å². The molecule has 0 radical (unpaired) electrons.